The number of hydrogen-bond acceptors (Lipinski definition) is 5. The van der Waals surface area contributed by atoms with Crippen LogP contribution in [0.1, 0.15) is 63.0 Å². The lowest BCUT2D eigenvalue weighted by molar-refractivity contribution is -0.143. The Bertz CT molecular complexity index is 1550. The van der Waals surface area contributed by atoms with E-state index in [1.807, 2.05) is 58.5 Å². The number of aromatic hydroxyl groups is 1. The van der Waals surface area contributed by atoms with Gasteiger partial charge in [0, 0.05) is 50.9 Å². The standard InChI is InChI=1S/C35H43Br2N5O4/c36-29-20-24(21-30(37)33(29)44)19-26(34(45)41-17-9-27(10-18-41)39-13-5-2-6-14-39)22-32(43)40-15-11-28(12-16-40)42-23-31(38-35(42)46)25-7-3-1-4-8-25/h1,3-4,7-8,20-21,23,26-28,44H,2,5-6,9-19,22H2,(H,38,46). The maximum Gasteiger partial charge on any atom is 0.326 e. The van der Waals surface area contributed by atoms with Crippen molar-refractivity contribution in [3.63, 3.8) is 0 Å². The van der Waals surface area contributed by atoms with Gasteiger partial charge < -0.3 is 24.8 Å². The number of H-pyrrole nitrogens is 1. The van der Waals surface area contributed by atoms with Gasteiger partial charge in [0.2, 0.25) is 11.8 Å². The Labute approximate surface area is 287 Å². The molecule has 0 radical (unpaired) electrons. The number of aromatic nitrogens is 2. The molecule has 6 rings (SSSR count). The Morgan fingerprint density at radius 1 is 0.848 bits per heavy atom. The third kappa shape index (κ3) is 7.63. The maximum absolute atomic E-state index is 14.1. The number of carbonyl (C=O) groups excluding carboxylic acids is 2. The zero-order valence-electron chi connectivity index (χ0n) is 26.2. The number of imidazole rings is 1. The number of nitrogens with one attached hydrogen (secondary N) is 1. The van der Waals surface area contributed by atoms with E-state index in [1.54, 1.807) is 4.57 Å². The third-order valence-corrected chi connectivity index (χ3v) is 11.3. The Morgan fingerprint density at radius 3 is 2.11 bits per heavy atom. The van der Waals surface area contributed by atoms with Gasteiger partial charge in [-0.1, -0.05) is 36.8 Å². The predicted molar refractivity (Wildman–Crippen MR) is 186 cm³/mol. The van der Waals surface area contributed by atoms with E-state index >= 15 is 0 Å². The van der Waals surface area contributed by atoms with Crippen LogP contribution in [-0.2, 0) is 16.0 Å². The van der Waals surface area contributed by atoms with Crippen LogP contribution in [0.25, 0.3) is 11.3 Å². The summed E-state index contributed by atoms with van der Waals surface area (Å²) in [5.41, 5.74) is 2.50. The first-order valence-electron chi connectivity index (χ1n) is 16.6. The molecule has 246 valence electrons. The summed E-state index contributed by atoms with van der Waals surface area (Å²) >= 11 is 6.84. The fourth-order valence-electron chi connectivity index (χ4n) is 7.44. The molecule has 3 aromatic rings. The second kappa shape index (κ2) is 14.9. The average Bonchev–Trinajstić information content (AvgIpc) is 3.48. The van der Waals surface area contributed by atoms with Gasteiger partial charge in [0.05, 0.1) is 20.6 Å². The number of rotatable bonds is 8. The van der Waals surface area contributed by atoms with Crippen molar-refractivity contribution >= 4 is 43.7 Å². The van der Waals surface area contributed by atoms with E-state index in [0.29, 0.717) is 47.3 Å². The fourth-order valence-corrected chi connectivity index (χ4v) is 8.72. The monoisotopic (exact) mass is 755 g/mol. The third-order valence-electron chi connectivity index (χ3n) is 10.1. The van der Waals surface area contributed by atoms with E-state index in [4.69, 9.17) is 0 Å². The molecule has 1 aromatic heterocycles. The SMILES string of the molecule is O=C(CC(Cc1cc(Br)c(O)c(Br)c1)C(=O)N1CCC(N2CCCCC2)CC1)N1CCC(n2cc(-c3ccccc3)[nH]c2=O)CC1. The van der Waals surface area contributed by atoms with Gasteiger partial charge in [-0.3, -0.25) is 14.2 Å². The molecule has 9 nitrogen and oxygen atoms in total. The number of amides is 2. The van der Waals surface area contributed by atoms with E-state index in [0.717, 1.165) is 55.8 Å². The molecular formula is C35H43Br2N5O4. The van der Waals surface area contributed by atoms with Gasteiger partial charge in [-0.25, -0.2) is 4.79 Å². The molecule has 2 aromatic carbocycles. The van der Waals surface area contributed by atoms with E-state index in [1.165, 1.54) is 19.3 Å². The smallest absolute Gasteiger partial charge is 0.326 e. The minimum absolute atomic E-state index is 0.00980. The van der Waals surface area contributed by atoms with Crippen LogP contribution in [0.2, 0.25) is 0 Å². The second-order valence-electron chi connectivity index (χ2n) is 13.0. The van der Waals surface area contributed by atoms with Crippen LogP contribution < -0.4 is 5.69 Å². The van der Waals surface area contributed by atoms with E-state index in [-0.39, 0.29) is 35.7 Å². The minimum Gasteiger partial charge on any atom is -0.506 e. The number of piperidine rings is 3. The number of likely N-dealkylation sites (tertiary alicyclic amines) is 3. The van der Waals surface area contributed by atoms with Crippen LogP contribution in [0.4, 0.5) is 0 Å². The number of carbonyl (C=O) groups is 2. The summed E-state index contributed by atoms with van der Waals surface area (Å²) < 4.78 is 2.87. The van der Waals surface area contributed by atoms with Crippen molar-refractivity contribution in [1.82, 2.24) is 24.3 Å². The first-order valence-corrected chi connectivity index (χ1v) is 18.2. The number of halogens is 2. The molecule has 1 atom stereocenters. The largest absolute Gasteiger partial charge is 0.506 e. The summed E-state index contributed by atoms with van der Waals surface area (Å²) in [5, 5.41) is 10.2. The molecule has 3 aliphatic heterocycles. The van der Waals surface area contributed by atoms with Crippen molar-refractivity contribution in [1.29, 1.82) is 0 Å². The molecule has 2 N–H and O–H groups in total. The number of aromatic amines is 1. The zero-order chi connectivity index (χ0) is 32.2. The summed E-state index contributed by atoms with van der Waals surface area (Å²) in [5.74, 6) is -0.375. The average molecular weight is 758 g/mol. The van der Waals surface area contributed by atoms with Crippen LogP contribution in [0.5, 0.6) is 5.75 Å². The van der Waals surface area contributed by atoms with Crippen molar-refractivity contribution in [2.75, 3.05) is 39.3 Å². The number of phenolic OH excluding ortho intramolecular Hbond substituents is 1. The molecule has 4 heterocycles. The van der Waals surface area contributed by atoms with Gasteiger partial charge in [-0.2, -0.15) is 0 Å². The van der Waals surface area contributed by atoms with Crippen molar-refractivity contribution in [2.24, 2.45) is 5.92 Å². The summed E-state index contributed by atoms with van der Waals surface area (Å²) in [6.07, 6.45) is 9.56. The molecule has 11 heteroatoms. The number of benzene rings is 2. The van der Waals surface area contributed by atoms with Crippen LogP contribution in [0.3, 0.4) is 0 Å². The molecular weight excluding hydrogens is 714 g/mol. The molecule has 0 saturated carbocycles. The van der Waals surface area contributed by atoms with Crippen LogP contribution in [0, 0.1) is 5.92 Å². The van der Waals surface area contributed by atoms with Gasteiger partial charge in [0.25, 0.3) is 0 Å². The Morgan fingerprint density at radius 2 is 1.46 bits per heavy atom. The van der Waals surface area contributed by atoms with Gasteiger partial charge >= 0.3 is 5.69 Å². The molecule has 3 aliphatic rings. The first kappa shape index (κ1) is 33.0. The first-order chi connectivity index (χ1) is 22.3. The van der Waals surface area contributed by atoms with Gasteiger partial charge in [0.1, 0.15) is 5.75 Å². The Hall–Kier alpha value is -2.89. The highest BCUT2D eigenvalue weighted by Crippen LogP contribution is 2.35. The van der Waals surface area contributed by atoms with Gasteiger partial charge in [0.15, 0.2) is 0 Å². The lowest BCUT2D eigenvalue weighted by atomic mass is 9.92. The molecule has 0 spiro atoms. The molecule has 3 saturated heterocycles. The molecule has 0 bridgehead atoms. The highest BCUT2D eigenvalue weighted by Gasteiger charge is 2.34. The van der Waals surface area contributed by atoms with E-state index in [9.17, 15) is 19.5 Å². The quantitative estimate of drug-likeness (QED) is 0.296. The summed E-state index contributed by atoms with van der Waals surface area (Å²) in [6, 6.07) is 14.0. The number of phenols is 1. The van der Waals surface area contributed by atoms with Crippen LogP contribution >= 0.6 is 31.9 Å². The van der Waals surface area contributed by atoms with Crippen molar-refractivity contribution < 1.29 is 14.7 Å². The summed E-state index contributed by atoms with van der Waals surface area (Å²) in [4.78, 5) is 50.0. The van der Waals surface area contributed by atoms with Crippen LogP contribution in [0.15, 0.2) is 62.4 Å². The molecule has 0 aliphatic carbocycles. The normalized spacial score (nSPS) is 19.3. The molecule has 46 heavy (non-hydrogen) atoms. The van der Waals surface area contributed by atoms with Crippen molar-refractivity contribution in [2.45, 2.75) is 69.9 Å². The van der Waals surface area contributed by atoms with Gasteiger partial charge in [-0.05, 0) is 113 Å². The summed E-state index contributed by atoms with van der Waals surface area (Å²) in [7, 11) is 0. The topological polar surface area (TPSA) is 102 Å². The summed E-state index contributed by atoms with van der Waals surface area (Å²) in [6.45, 7) is 4.83. The zero-order valence-corrected chi connectivity index (χ0v) is 29.3. The minimum atomic E-state index is -0.499. The molecule has 2 amide bonds. The predicted octanol–water partition coefficient (Wildman–Crippen LogP) is 5.96. The van der Waals surface area contributed by atoms with Crippen molar-refractivity contribution in [3.05, 3.63) is 73.7 Å². The van der Waals surface area contributed by atoms with Crippen LogP contribution in [-0.4, -0.2) is 86.5 Å². The highest BCUT2D eigenvalue weighted by molar-refractivity contribution is 9.11. The molecule has 3 fully saturated rings. The van der Waals surface area contributed by atoms with E-state index < -0.39 is 5.92 Å². The van der Waals surface area contributed by atoms with Crippen molar-refractivity contribution in [3.8, 4) is 17.0 Å². The maximum atomic E-state index is 14.1. The second-order valence-corrected chi connectivity index (χ2v) is 14.7. The fraction of sp³-hybridized carbons (Fsp3) is 0.514. The Kier molecular flexibility index (Phi) is 10.7. The highest BCUT2D eigenvalue weighted by atomic mass is 79.9. The van der Waals surface area contributed by atoms with E-state index in [2.05, 4.69) is 41.7 Å². The number of nitrogens with zero attached hydrogens (tertiary/aromatic N) is 4. The lowest BCUT2D eigenvalue weighted by Gasteiger charge is -2.41. The lowest BCUT2D eigenvalue weighted by Crippen LogP contribution is -2.50. The Balaban J connectivity index is 1.11. The number of hydrogen-bond donors (Lipinski definition) is 2. The van der Waals surface area contributed by atoms with Gasteiger partial charge in [-0.15, -0.1) is 0 Å². The molecule has 1 unspecified atom stereocenters.